The molecule has 2 aromatic heterocycles. The Balaban J connectivity index is 1.64. The number of benzene rings is 2. The van der Waals surface area contributed by atoms with Crippen LogP contribution in [-0.2, 0) is 6.54 Å². The lowest BCUT2D eigenvalue weighted by Crippen LogP contribution is -2.46. The van der Waals surface area contributed by atoms with Gasteiger partial charge in [0.15, 0.2) is 11.5 Å². The van der Waals surface area contributed by atoms with Gasteiger partial charge in [-0.15, -0.1) is 0 Å². The zero-order valence-corrected chi connectivity index (χ0v) is 16.0. The largest absolute Gasteiger partial charge is 0.394 e. The van der Waals surface area contributed by atoms with Crippen LogP contribution in [0.25, 0.3) is 21.9 Å². The molecule has 3 heterocycles. The molecule has 1 aliphatic rings. The summed E-state index contributed by atoms with van der Waals surface area (Å²) in [5.74, 6) is 0.377. The number of nitrogens with zero attached hydrogens (tertiary/aromatic N) is 5. The molecule has 1 atom stereocenters. The standard InChI is InChI=1S/C21H23N7O/c22-19-18-20(25-12-24-19)28(13-26-18)9-16-15-4-2-1-3-14(15)5-6-17(16)27-8-7-21(23,10-27)11-29/h1-6,12-13,29H,7-11,23H2,(H2,22,24,25)/t21-/m0/s1. The number of nitrogen functional groups attached to an aromatic ring is 1. The van der Waals surface area contributed by atoms with Gasteiger partial charge in [-0.25, -0.2) is 15.0 Å². The molecule has 0 saturated carbocycles. The number of hydrogen-bond acceptors (Lipinski definition) is 7. The van der Waals surface area contributed by atoms with Gasteiger partial charge >= 0.3 is 0 Å². The molecule has 5 N–H and O–H groups in total. The Bertz CT molecular complexity index is 1200. The number of anilines is 2. The Morgan fingerprint density at radius 3 is 2.79 bits per heavy atom. The molecule has 8 heteroatoms. The van der Waals surface area contributed by atoms with Crippen molar-refractivity contribution in [1.82, 2.24) is 19.5 Å². The van der Waals surface area contributed by atoms with E-state index in [0.29, 0.717) is 30.1 Å². The number of imidazole rings is 1. The predicted octanol–water partition coefficient (Wildman–Crippen LogP) is 1.51. The van der Waals surface area contributed by atoms with Gasteiger partial charge in [-0.3, -0.25) is 0 Å². The Kier molecular flexibility index (Phi) is 4.11. The molecule has 4 aromatic rings. The quantitative estimate of drug-likeness (QED) is 0.484. The SMILES string of the molecule is Nc1ncnc2c1ncn2Cc1c(N2CC[C@@](N)(CO)C2)ccc2ccccc12. The van der Waals surface area contributed by atoms with Crippen LogP contribution >= 0.6 is 0 Å². The van der Waals surface area contributed by atoms with E-state index in [-0.39, 0.29) is 6.61 Å². The summed E-state index contributed by atoms with van der Waals surface area (Å²) in [4.78, 5) is 15.1. The Labute approximate surface area is 167 Å². The summed E-state index contributed by atoms with van der Waals surface area (Å²) in [6.07, 6.45) is 3.98. The predicted molar refractivity (Wildman–Crippen MR) is 114 cm³/mol. The highest BCUT2D eigenvalue weighted by Crippen LogP contribution is 2.34. The van der Waals surface area contributed by atoms with Crippen molar-refractivity contribution in [3.05, 3.63) is 54.6 Å². The Morgan fingerprint density at radius 2 is 1.97 bits per heavy atom. The average Bonchev–Trinajstić information content (AvgIpc) is 3.34. The molecule has 5 rings (SSSR count). The van der Waals surface area contributed by atoms with Crippen LogP contribution in [-0.4, -0.2) is 49.9 Å². The van der Waals surface area contributed by atoms with E-state index in [1.807, 2.05) is 16.7 Å². The van der Waals surface area contributed by atoms with Crippen molar-refractivity contribution in [2.75, 3.05) is 30.3 Å². The number of aliphatic hydroxyl groups is 1. The second-order valence-corrected chi connectivity index (χ2v) is 7.78. The highest BCUT2D eigenvalue weighted by Gasteiger charge is 2.34. The number of fused-ring (bicyclic) bond motifs is 2. The number of rotatable bonds is 4. The first-order valence-corrected chi connectivity index (χ1v) is 9.65. The summed E-state index contributed by atoms with van der Waals surface area (Å²) in [6.45, 7) is 2.00. The van der Waals surface area contributed by atoms with Gasteiger partial charge in [0.25, 0.3) is 0 Å². The minimum absolute atomic E-state index is 0.0191. The number of aromatic nitrogens is 4. The average molecular weight is 389 g/mol. The van der Waals surface area contributed by atoms with Gasteiger partial charge in [0.05, 0.1) is 25.0 Å². The van der Waals surface area contributed by atoms with E-state index in [0.717, 1.165) is 18.7 Å². The van der Waals surface area contributed by atoms with Gasteiger partial charge < -0.3 is 26.0 Å². The highest BCUT2D eigenvalue weighted by molar-refractivity contribution is 5.91. The second kappa shape index (κ2) is 6.68. The van der Waals surface area contributed by atoms with Crippen LogP contribution in [0.1, 0.15) is 12.0 Å². The maximum Gasteiger partial charge on any atom is 0.165 e. The molecule has 148 valence electrons. The molecule has 1 aliphatic heterocycles. The van der Waals surface area contributed by atoms with Crippen LogP contribution in [0.5, 0.6) is 0 Å². The highest BCUT2D eigenvalue weighted by atomic mass is 16.3. The van der Waals surface area contributed by atoms with Gasteiger partial charge in [-0.2, -0.15) is 0 Å². The summed E-state index contributed by atoms with van der Waals surface area (Å²) >= 11 is 0. The fourth-order valence-corrected chi connectivity index (χ4v) is 4.20. The lowest BCUT2D eigenvalue weighted by Gasteiger charge is -2.26. The van der Waals surface area contributed by atoms with E-state index in [1.165, 1.54) is 22.7 Å². The van der Waals surface area contributed by atoms with Crippen molar-refractivity contribution >= 4 is 33.4 Å². The molecular formula is C21H23N7O. The van der Waals surface area contributed by atoms with Crippen molar-refractivity contribution in [2.24, 2.45) is 5.73 Å². The normalized spacial score (nSPS) is 19.4. The third kappa shape index (κ3) is 2.97. The summed E-state index contributed by atoms with van der Waals surface area (Å²) < 4.78 is 2.00. The number of aliphatic hydroxyl groups excluding tert-OH is 1. The van der Waals surface area contributed by atoms with Gasteiger partial charge in [0, 0.05) is 24.3 Å². The molecular weight excluding hydrogens is 366 g/mol. The van der Waals surface area contributed by atoms with Crippen LogP contribution in [0, 0.1) is 0 Å². The van der Waals surface area contributed by atoms with E-state index in [1.54, 1.807) is 6.33 Å². The summed E-state index contributed by atoms with van der Waals surface area (Å²) in [5.41, 5.74) is 15.3. The van der Waals surface area contributed by atoms with Crippen molar-refractivity contribution < 1.29 is 5.11 Å². The molecule has 0 spiro atoms. The van der Waals surface area contributed by atoms with Crippen molar-refractivity contribution in [1.29, 1.82) is 0 Å². The van der Waals surface area contributed by atoms with Gasteiger partial charge in [-0.1, -0.05) is 30.3 Å². The maximum atomic E-state index is 9.69. The summed E-state index contributed by atoms with van der Waals surface area (Å²) in [5, 5.41) is 12.0. The molecule has 0 bridgehead atoms. The monoisotopic (exact) mass is 389 g/mol. The first-order chi connectivity index (χ1) is 14.1. The molecule has 0 amide bonds. The van der Waals surface area contributed by atoms with Crippen LogP contribution in [0.2, 0.25) is 0 Å². The van der Waals surface area contributed by atoms with Gasteiger partial charge in [0.2, 0.25) is 0 Å². The zero-order valence-electron chi connectivity index (χ0n) is 16.0. The van der Waals surface area contributed by atoms with Crippen molar-refractivity contribution in [3.8, 4) is 0 Å². The lowest BCUT2D eigenvalue weighted by atomic mass is 10.0. The molecule has 1 saturated heterocycles. The van der Waals surface area contributed by atoms with Crippen LogP contribution in [0.3, 0.4) is 0 Å². The van der Waals surface area contributed by atoms with Gasteiger partial charge in [-0.05, 0) is 23.3 Å². The fraction of sp³-hybridized carbons (Fsp3) is 0.286. The van der Waals surface area contributed by atoms with Crippen LogP contribution in [0.4, 0.5) is 11.5 Å². The lowest BCUT2D eigenvalue weighted by molar-refractivity contribution is 0.210. The molecule has 2 aromatic carbocycles. The van der Waals surface area contributed by atoms with Crippen LogP contribution < -0.4 is 16.4 Å². The number of nitrogens with two attached hydrogens (primary N) is 2. The minimum atomic E-state index is -0.563. The van der Waals surface area contributed by atoms with E-state index in [2.05, 4.69) is 44.1 Å². The molecule has 0 unspecified atom stereocenters. The molecule has 29 heavy (non-hydrogen) atoms. The zero-order chi connectivity index (χ0) is 20.0. The third-order valence-corrected chi connectivity index (χ3v) is 5.81. The smallest absolute Gasteiger partial charge is 0.165 e. The van der Waals surface area contributed by atoms with Crippen molar-refractivity contribution in [2.45, 2.75) is 18.5 Å². The van der Waals surface area contributed by atoms with E-state index >= 15 is 0 Å². The minimum Gasteiger partial charge on any atom is -0.394 e. The van der Waals surface area contributed by atoms with Gasteiger partial charge in [0.1, 0.15) is 11.8 Å². The maximum absolute atomic E-state index is 9.69. The summed E-state index contributed by atoms with van der Waals surface area (Å²) in [6, 6.07) is 12.6. The second-order valence-electron chi connectivity index (χ2n) is 7.78. The number of hydrogen-bond donors (Lipinski definition) is 3. The fourth-order valence-electron chi connectivity index (χ4n) is 4.20. The van der Waals surface area contributed by atoms with Crippen LogP contribution in [0.15, 0.2) is 49.1 Å². The molecule has 1 fully saturated rings. The molecule has 0 aliphatic carbocycles. The van der Waals surface area contributed by atoms with E-state index < -0.39 is 5.54 Å². The molecule has 8 nitrogen and oxygen atoms in total. The summed E-state index contributed by atoms with van der Waals surface area (Å²) in [7, 11) is 0. The van der Waals surface area contributed by atoms with E-state index in [4.69, 9.17) is 11.5 Å². The topological polar surface area (TPSA) is 119 Å². The van der Waals surface area contributed by atoms with E-state index in [9.17, 15) is 5.11 Å². The molecule has 0 radical (unpaired) electrons. The first kappa shape index (κ1) is 17.8. The third-order valence-electron chi connectivity index (χ3n) is 5.81. The van der Waals surface area contributed by atoms with Crippen molar-refractivity contribution in [3.63, 3.8) is 0 Å². The Morgan fingerprint density at radius 1 is 1.10 bits per heavy atom. The first-order valence-electron chi connectivity index (χ1n) is 9.65. The Hall–Kier alpha value is -3.23.